The highest BCUT2D eigenvalue weighted by molar-refractivity contribution is 4.92. The molecule has 0 nitrogen and oxygen atoms in total. The van der Waals surface area contributed by atoms with E-state index in [0.717, 1.165) is 23.7 Å². The molecule has 0 spiro atoms. The molecule has 0 aromatic heterocycles. The standard InChI is InChI=1S/C17H32.C14H26/c1-3-5-11-16-13-9-7-8-10-14-17(15-16)12-6-4-2;1-3-13-11-9-7-5-6-8-10-12-14(13)4-2/h9,13,16-17H,3-8,10-12,14-15H2,1-2H3;9,11,13-14H,3-8,10,12H2,1-2H3. The quantitative estimate of drug-likeness (QED) is 0.336. The van der Waals surface area contributed by atoms with E-state index in [9.17, 15) is 0 Å². The van der Waals surface area contributed by atoms with Crippen LogP contribution in [0.1, 0.15) is 150 Å². The van der Waals surface area contributed by atoms with Gasteiger partial charge >= 0.3 is 0 Å². The Morgan fingerprint density at radius 2 is 1.29 bits per heavy atom. The lowest BCUT2D eigenvalue weighted by molar-refractivity contribution is 0.333. The Kier molecular flexibility index (Phi) is 18.5. The lowest BCUT2D eigenvalue weighted by atomic mass is 9.83. The van der Waals surface area contributed by atoms with Crippen molar-refractivity contribution in [3.05, 3.63) is 24.3 Å². The first-order valence-corrected chi connectivity index (χ1v) is 14.6. The Morgan fingerprint density at radius 3 is 2.00 bits per heavy atom. The van der Waals surface area contributed by atoms with Gasteiger partial charge in [-0.1, -0.05) is 123 Å². The predicted molar refractivity (Wildman–Crippen MR) is 143 cm³/mol. The van der Waals surface area contributed by atoms with Crippen LogP contribution in [0.2, 0.25) is 0 Å². The van der Waals surface area contributed by atoms with Crippen molar-refractivity contribution in [1.82, 2.24) is 0 Å². The molecule has 31 heavy (non-hydrogen) atoms. The van der Waals surface area contributed by atoms with E-state index in [1.807, 2.05) is 0 Å². The van der Waals surface area contributed by atoms with Crippen LogP contribution in [0.4, 0.5) is 0 Å². The van der Waals surface area contributed by atoms with Crippen molar-refractivity contribution in [2.24, 2.45) is 23.7 Å². The van der Waals surface area contributed by atoms with E-state index in [0.29, 0.717) is 0 Å². The van der Waals surface area contributed by atoms with Gasteiger partial charge in [0.25, 0.3) is 0 Å². The van der Waals surface area contributed by atoms with Crippen molar-refractivity contribution in [2.45, 2.75) is 150 Å². The van der Waals surface area contributed by atoms with Crippen molar-refractivity contribution < 1.29 is 0 Å². The van der Waals surface area contributed by atoms with E-state index < -0.39 is 0 Å². The van der Waals surface area contributed by atoms with E-state index in [2.05, 4.69) is 52.0 Å². The lowest BCUT2D eigenvalue weighted by Crippen LogP contribution is -2.11. The number of hydrogen-bond donors (Lipinski definition) is 0. The molecular formula is C31H58. The molecule has 0 saturated carbocycles. The van der Waals surface area contributed by atoms with Gasteiger partial charge < -0.3 is 0 Å². The maximum Gasteiger partial charge on any atom is -0.0208 e. The maximum absolute atomic E-state index is 2.54. The van der Waals surface area contributed by atoms with Crippen molar-refractivity contribution in [3.63, 3.8) is 0 Å². The van der Waals surface area contributed by atoms with Gasteiger partial charge in [-0.05, 0) is 75.0 Å². The topological polar surface area (TPSA) is 0 Å². The van der Waals surface area contributed by atoms with Crippen LogP contribution in [0.5, 0.6) is 0 Å². The first kappa shape index (κ1) is 28.5. The van der Waals surface area contributed by atoms with Crippen molar-refractivity contribution in [3.8, 4) is 0 Å². The summed E-state index contributed by atoms with van der Waals surface area (Å²) in [5.41, 5.74) is 0. The Balaban J connectivity index is 0.000000316. The van der Waals surface area contributed by atoms with Crippen LogP contribution in [-0.2, 0) is 0 Å². The van der Waals surface area contributed by atoms with E-state index in [4.69, 9.17) is 0 Å². The van der Waals surface area contributed by atoms with E-state index in [1.165, 1.54) is 122 Å². The van der Waals surface area contributed by atoms with Crippen LogP contribution in [0.3, 0.4) is 0 Å². The van der Waals surface area contributed by atoms with E-state index in [1.54, 1.807) is 0 Å². The number of unbranched alkanes of at least 4 members (excludes halogenated alkanes) is 2. The van der Waals surface area contributed by atoms with E-state index >= 15 is 0 Å². The predicted octanol–water partition coefficient (Wildman–Crippen LogP) is 11.1. The second-order valence-electron chi connectivity index (χ2n) is 10.5. The van der Waals surface area contributed by atoms with Crippen LogP contribution < -0.4 is 0 Å². The third-order valence-electron chi connectivity index (χ3n) is 7.85. The summed E-state index contributed by atoms with van der Waals surface area (Å²) in [5.74, 6) is 3.71. The third-order valence-corrected chi connectivity index (χ3v) is 7.85. The zero-order chi connectivity index (χ0) is 22.6. The van der Waals surface area contributed by atoms with Crippen LogP contribution in [0.25, 0.3) is 0 Å². The van der Waals surface area contributed by atoms with Gasteiger partial charge in [0, 0.05) is 0 Å². The van der Waals surface area contributed by atoms with Gasteiger partial charge in [0.1, 0.15) is 0 Å². The average molecular weight is 431 g/mol. The molecule has 2 aliphatic rings. The molecule has 0 heteroatoms. The lowest BCUT2D eigenvalue weighted by Gasteiger charge is -2.23. The number of rotatable bonds is 8. The highest BCUT2D eigenvalue weighted by atomic mass is 14.2. The summed E-state index contributed by atoms with van der Waals surface area (Å²) in [6.45, 7) is 9.33. The molecule has 0 aliphatic heterocycles. The van der Waals surface area contributed by atoms with Gasteiger partial charge in [-0.3, -0.25) is 0 Å². The molecule has 182 valence electrons. The van der Waals surface area contributed by atoms with Gasteiger partial charge in [0.05, 0.1) is 0 Å². The molecule has 2 aliphatic carbocycles. The molecule has 0 aromatic rings. The molecule has 0 heterocycles. The van der Waals surface area contributed by atoms with Crippen molar-refractivity contribution >= 4 is 0 Å². The van der Waals surface area contributed by atoms with Crippen LogP contribution in [0.15, 0.2) is 24.3 Å². The minimum absolute atomic E-state index is 0.859. The van der Waals surface area contributed by atoms with Crippen molar-refractivity contribution in [1.29, 1.82) is 0 Å². The summed E-state index contributed by atoms with van der Waals surface area (Å²) in [6, 6.07) is 0. The molecule has 0 saturated heterocycles. The molecule has 0 N–H and O–H groups in total. The fourth-order valence-electron chi connectivity index (χ4n) is 5.68. The Bertz CT molecular complexity index is 431. The van der Waals surface area contributed by atoms with Crippen LogP contribution >= 0.6 is 0 Å². The first-order valence-electron chi connectivity index (χ1n) is 14.6. The van der Waals surface area contributed by atoms with Crippen molar-refractivity contribution in [2.75, 3.05) is 0 Å². The first-order chi connectivity index (χ1) is 15.2. The summed E-state index contributed by atoms with van der Waals surface area (Å²) in [7, 11) is 0. The second kappa shape index (κ2) is 20.1. The zero-order valence-corrected chi connectivity index (χ0v) is 22.1. The summed E-state index contributed by atoms with van der Waals surface area (Å²) in [5, 5.41) is 0. The normalized spacial score (nSPS) is 28.0. The summed E-state index contributed by atoms with van der Waals surface area (Å²) in [6.07, 6.45) is 36.8. The largest absolute Gasteiger partial charge is 0.0883 e. The number of hydrogen-bond acceptors (Lipinski definition) is 0. The van der Waals surface area contributed by atoms with Gasteiger partial charge in [-0.2, -0.15) is 0 Å². The van der Waals surface area contributed by atoms with Gasteiger partial charge in [0.15, 0.2) is 0 Å². The van der Waals surface area contributed by atoms with E-state index in [-0.39, 0.29) is 0 Å². The Labute approximate surface area is 197 Å². The molecule has 0 fully saturated rings. The summed E-state index contributed by atoms with van der Waals surface area (Å²) in [4.78, 5) is 0. The molecule has 0 amide bonds. The molecule has 0 aromatic carbocycles. The molecule has 0 bridgehead atoms. The minimum Gasteiger partial charge on any atom is -0.0883 e. The zero-order valence-electron chi connectivity index (χ0n) is 22.1. The summed E-state index contributed by atoms with van der Waals surface area (Å²) >= 11 is 0. The molecule has 0 radical (unpaired) electrons. The average Bonchev–Trinajstić information content (AvgIpc) is 2.91. The second-order valence-corrected chi connectivity index (χ2v) is 10.5. The smallest absolute Gasteiger partial charge is 0.0208 e. The van der Waals surface area contributed by atoms with Crippen LogP contribution in [-0.4, -0.2) is 0 Å². The Hall–Kier alpha value is -0.520. The molecule has 2 rings (SSSR count). The minimum atomic E-state index is 0.859. The maximum atomic E-state index is 2.54. The fourth-order valence-corrected chi connectivity index (χ4v) is 5.68. The van der Waals surface area contributed by atoms with Gasteiger partial charge in [-0.25, -0.2) is 0 Å². The molecule has 4 atom stereocenters. The monoisotopic (exact) mass is 430 g/mol. The third kappa shape index (κ3) is 14.3. The summed E-state index contributed by atoms with van der Waals surface area (Å²) < 4.78 is 0. The fraction of sp³-hybridized carbons (Fsp3) is 0.871. The Morgan fingerprint density at radius 1 is 0.645 bits per heavy atom. The highest BCUT2D eigenvalue weighted by Crippen LogP contribution is 2.29. The SMILES string of the molecule is CCC1C=CCCCCCCC1CC.CCCCC1C=CCCCCC(CCCC)C1. The number of allylic oxidation sites excluding steroid dienone is 4. The molecule has 4 unspecified atom stereocenters. The highest BCUT2D eigenvalue weighted by Gasteiger charge is 2.16. The van der Waals surface area contributed by atoms with Crippen LogP contribution in [0, 0.1) is 23.7 Å². The van der Waals surface area contributed by atoms with Gasteiger partial charge in [-0.15, -0.1) is 0 Å². The molecular weight excluding hydrogens is 372 g/mol. The van der Waals surface area contributed by atoms with Gasteiger partial charge in [0.2, 0.25) is 0 Å².